The van der Waals surface area contributed by atoms with Crippen LogP contribution in [0.1, 0.15) is 12.0 Å². The SMILES string of the molecule is Cl.N[C@H](C[C@@H](Cc1ccccc1)C(=O)O)C(=O)O. The van der Waals surface area contributed by atoms with Crippen molar-refractivity contribution in [3.63, 3.8) is 0 Å². The van der Waals surface area contributed by atoms with E-state index >= 15 is 0 Å². The third-order valence-electron chi connectivity index (χ3n) is 2.53. The van der Waals surface area contributed by atoms with Gasteiger partial charge in [0, 0.05) is 0 Å². The van der Waals surface area contributed by atoms with E-state index in [2.05, 4.69) is 0 Å². The lowest BCUT2D eigenvalue weighted by Crippen LogP contribution is -2.35. The lowest BCUT2D eigenvalue weighted by atomic mass is 9.93. The molecule has 100 valence electrons. The topological polar surface area (TPSA) is 101 Å². The van der Waals surface area contributed by atoms with Crippen LogP contribution in [0.15, 0.2) is 30.3 Å². The van der Waals surface area contributed by atoms with Crippen molar-refractivity contribution in [3.05, 3.63) is 35.9 Å². The van der Waals surface area contributed by atoms with Gasteiger partial charge in [-0.2, -0.15) is 0 Å². The molecule has 0 amide bonds. The van der Waals surface area contributed by atoms with Crippen LogP contribution in [0.4, 0.5) is 0 Å². The van der Waals surface area contributed by atoms with E-state index in [1.807, 2.05) is 30.3 Å². The molecule has 6 heteroatoms. The molecule has 1 aromatic carbocycles. The predicted molar refractivity (Wildman–Crippen MR) is 68.7 cm³/mol. The summed E-state index contributed by atoms with van der Waals surface area (Å²) in [6.07, 6.45) is 0.219. The highest BCUT2D eigenvalue weighted by atomic mass is 35.5. The largest absolute Gasteiger partial charge is 0.481 e. The molecule has 5 nitrogen and oxygen atoms in total. The summed E-state index contributed by atoms with van der Waals surface area (Å²) >= 11 is 0. The Morgan fingerprint density at radius 2 is 1.67 bits per heavy atom. The van der Waals surface area contributed by atoms with Gasteiger partial charge in [0.05, 0.1) is 5.92 Å². The van der Waals surface area contributed by atoms with Crippen molar-refractivity contribution < 1.29 is 19.8 Å². The molecule has 0 aliphatic heterocycles. The maximum Gasteiger partial charge on any atom is 0.320 e. The van der Waals surface area contributed by atoms with E-state index in [-0.39, 0.29) is 25.2 Å². The molecule has 4 N–H and O–H groups in total. The molecule has 0 spiro atoms. The Morgan fingerprint density at radius 3 is 2.11 bits per heavy atom. The third kappa shape index (κ3) is 5.16. The molecule has 1 aromatic rings. The van der Waals surface area contributed by atoms with Crippen LogP contribution in [0, 0.1) is 5.92 Å². The molecule has 0 radical (unpaired) electrons. The van der Waals surface area contributed by atoms with Gasteiger partial charge in [-0.15, -0.1) is 12.4 Å². The van der Waals surface area contributed by atoms with Gasteiger partial charge in [-0.1, -0.05) is 30.3 Å². The van der Waals surface area contributed by atoms with E-state index < -0.39 is 23.9 Å². The molecule has 0 aromatic heterocycles. The van der Waals surface area contributed by atoms with Crippen LogP contribution in [0.2, 0.25) is 0 Å². The lowest BCUT2D eigenvalue weighted by molar-refractivity contribution is -0.143. The first-order chi connectivity index (χ1) is 8.00. The van der Waals surface area contributed by atoms with Crippen LogP contribution in [0.25, 0.3) is 0 Å². The Hall–Kier alpha value is -1.59. The fourth-order valence-electron chi connectivity index (χ4n) is 1.58. The molecule has 0 bridgehead atoms. The number of nitrogens with two attached hydrogens (primary N) is 1. The molecule has 1 rings (SSSR count). The average molecular weight is 274 g/mol. The second-order valence-electron chi connectivity index (χ2n) is 3.91. The second-order valence-corrected chi connectivity index (χ2v) is 3.91. The third-order valence-corrected chi connectivity index (χ3v) is 2.53. The first kappa shape index (κ1) is 16.4. The van der Waals surface area contributed by atoms with Gasteiger partial charge in [-0.05, 0) is 18.4 Å². The Balaban J connectivity index is 0.00000289. The molecule has 0 aliphatic rings. The van der Waals surface area contributed by atoms with Crippen LogP contribution in [-0.2, 0) is 16.0 Å². The molecule has 0 heterocycles. The highest BCUT2D eigenvalue weighted by molar-refractivity contribution is 5.85. The van der Waals surface area contributed by atoms with Gasteiger partial charge in [0.25, 0.3) is 0 Å². The summed E-state index contributed by atoms with van der Waals surface area (Å²) in [4.78, 5) is 21.6. The molecule has 0 unspecified atom stereocenters. The second kappa shape index (κ2) is 7.68. The Morgan fingerprint density at radius 1 is 1.11 bits per heavy atom. The standard InChI is InChI=1S/C12H15NO4.ClH/c13-10(12(16)17)7-9(11(14)15)6-8-4-2-1-3-5-8;/h1-5,9-10H,6-7,13H2,(H,14,15)(H,16,17);1H/t9-,10-;/m1./s1. The molecule has 0 fully saturated rings. The normalized spacial score (nSPS) is 13.2. The quantitative estimate of drug-likeness (QED) is 0.722. The zero-order valence-corrected chi connectivity index (χ0v) is 10.5. The van der Waals surface area contributed by atoms with E-state index in [0.29, 0.717) is 0 Å². The molecule has 0 saturated carbocycles. The van der Waals surface area contributed by atoms with Gasteiger partial charge >= 0.3 is 11.9 Å². The van der Waals surface area contributed by atoms with E-state index in [1.54, 1.807) is 0 Å². The van der Waals surface area contributed by atoms with Crippen molar-refractivity contribution >= 4 is 24.3 Å². The fourth-order valence-corrected chi connectivity index (χ4v) is 1.58. The van der Waals surface area contributed by atoms with Gasteiger partial charge in [0.2, 0.25) is 0 Å². The number of benzene rings is 1. The van der Waals surface area contributed by atoms with Crippen molar-refractivity contribution in [2.45, 2.75) is 18.9 Å². The van der Waals surface area contributed by atoms with Crippen LogP contribution in [0.5, 0.6) is 0 Å². The Kier molecular flexibility index (Phi) is 7.00. The number of carbonyl (C=O) groups is 2. The summed E-state index contributed by atoms with van der Waals surface area (Å²) in [7, 11) is 0. The number of hydrogen-bond acceptors (Lipinski definition) is 3. The first-order valence-corrected chi connectivity index (χ1v) is 5.26. The number of carboxylic acids is 2. The zero-order chi connectivity index (χ0) is 12.8. The van der Waals surface area contributed by atoms with Gasteiger partial charge < -0.3 is 15.9 Å². The van der Waals surface area contributed by atoms with Crippen molar-refractivity contribution in [2.24, 2.45) is 11.7 Å². The van der Waals surface area contributed by atoms with Crippen LogP contribution < -0.4 is 5.73 Å². The molecule has 0 aliphatic carbocycles. The van der Waals surface area contributed by atoms with Crippen LogP contribution in [-0.4, -0.2) is 28.2 Å². The number of rotatable bonds is 6. The first-order valence-electron chi connectivity index (χ1n) is 5.26. The summed E-state index contributed by atoms with van der Waals surface area (Å²) in [5.74, 6) is -2.97. The maximum atomic E-state index is 11.0. The minimum Gasteiger partial charge on any atom is -0.481 e. The number of carboxylic acid groups (broad SMARTS) is 2. The Bertz CT molecular complexity index is 396. The van der Waals surface area contributed by atoms with Gasteiger partial charge in [-0.25, -0.2) is 0 Å². The summed E-state index contributed by atoms with van der Waals surface area (Å²) in [5, 5.41) is 17.7. The predicted octanol–water partition coefficient (Wildman–Crippen LogP) is 1.15. The lowest BCUT2D eigenvalue weighted by Gasteiger charge is -2.14. The minimum absolute atomic E-state index is 0. The van der Waals surface area contributed by atoms with Gasteiger partial charge in [0.1, 0.15) is 6.04 Å². The smallest absolute Gasteiger partial charge is 0.320 e. The van der Waals surface area contributed by atoms with E-state index in [4.69, 9.17) is 15.9 Å². The molecular formula is C12H16ClNO4. The fraction of sp³-hybridized carbons (Fsp3) is 0.333. The number of halogens is 1. The van der Waals surface area contributed by atoms with Crippen molar-refractivity contribution in [1.82, 2.24) is 0 Å². The van der Waals surface area contributed by atoms with Crippen molar-refractivity contribution in [3.8, 4) is 0 Å². The summed E-state index contributed by atoms with van der Waals surface area (Å²) in [6.45, 7) is 0. The van der Waals surface area contributed by atoms with Crippen molar-refractivity contribution in [1.29, 1.82) is 0 Å². The highest BCUT2D eigenvalue weighted by Crippen LogP contribution is 2.14. The van der Waals surface area contributed by atoms with Crippen LogP contribution in [0.3, 0.4) is 0 Å². The zero-order valence-electron chi connectivity index (χ0n) is 9.65. The monoisotopic (exact) mass is 273 g/mol. The molecular weight excluding hydrogens is 258 g/mol. The molecule has 0 saturated heterocycles. The van der Waals surface area contributed by atoms with E-state index in [1.165, 1.54) is 0 Å². The summed E-state index contributed by atoms with van der Waals surface area (Å²) < 4.78 is 0. The number of hydrogen-bond donors (Lipinski definition) is 3. The minimum atomic E-state index is -1.18. The van der Waals surface area contributed by atoms with Crippen LogP contribution >= 0.6 is 12.4 Å². The maximum absolute atomic E-state index is 11.0. The summed E-state index contributed by atoms with van der Waals surface area (Å²) in [5.41, 5.74) is 6.20. The van der Waals surface area contributed by atoms with Crippen molar-refractivity contribution in [2.75, 3.05) is 0 Å². The Labute approximate surface area is 111 Å². The van der Waals surface area contributed by atoms with E-state index in [9.17, 15) is 9.59 Å². The van der Waals surface area contributed by atoms with E-state index in [0.717, 1.165) is 5.56 Å². The number of aliphatic carboxylic acids is 2. The van der Waals surface area contributed by atoms with Gasteiger partial charge in [0.15, 0.2) is 0 Å². The highest BCUT2D eigenvalue weighted by Gasteiger charge is 2.24. The molecule has 18 heavy (non-hydrogen) atoms. The summed E-state index contributed by atoms with van der Waals surface area (Å²) in [6, 6.07) is 7.93. The van der Waals surface area contributed by atoms with Gasteiger partial charge in [-0.3, -0.25) is 9.59 Å². The average Bonchev–Trinajstić information content (AvgIpc) is 2.29. The molecule has 2 atom stereocenters.